The van der Waals surface area contributed by atoms with Gasteiger partial charge in [0, 0.05) is 18.4 Å². The molecule has 0 bridgehead atoms. The maximum atomic E-state index is 4.02. The zero-order chi connectivity index (χ0) is 9.26. The minimum Gasteiger partial charge on any atom is -0.381 e. The van der Waals surface area contributed by atoms with Crippen LogP contribution >= 0.6 is 15.9 Å². The second-order valence-electron chi connectivity index (χ2n) is 3.77. The van der Waals surface area contributed by atoms with Gasteiger partial charge in [-0.3, -0.25) is 4.98 Å². The Labute approximate surface area is 86.9 Å². The molecule has 1 saturated carbocycles. The van der Waals surface area contributed by atoms with Gasteiger partial charge in [-0.1, -0.05) is 6.92 Å². The van der Waals surface area contributed by atoms with Crippen LogP contribution in [0.25, 0.3) is 0 Å². The molecule has 1 fully saturated rings. The van der Waals surface area contributed by atoms with Crippen molar-refractivity contribution in [2.24, 2.45) is 5.92 Å². The number of pyridine rings is 1. The minimum absolute atomic E-state index is 0.661. The summed E-state index contributed by atoms with van der Waals surface area (Å²) in [4.78, 5) is 4.02. The lowest BCUT2D eigenvalue weighted by molar-refractivity contribution is 0.309. The first-order valence-corrected chi connectivity index (χ1v) is 5.41. The normalized spacial score (nSPS) is 26.6. The Morgan fingerprint density at radius 1 is 1.54 bits per heavy atom. The van der Waals surface area contributed by atoms with E-state index in [1.807, 2.05) is 18.5 Å². The third kappa shape index (κ3) is 2.02. The summed E-state index contributed by atoms with van der Waals surface area (Å²) in [6.07, 6.45) is 6.21. The van der Waals surface area contributed by atoms with E-state index in [4.69, 9.17) is 0 Å². The van der Waals surface area contributed by atoms with E-state index in [-0.39, 0.29) is 0 Å². The van der Waals surface area contributed by atoms with Gasteiger partial charge >= 0.3 is 0 Å². The fourth-order valence-corrected chi connectivity index (χ4v) is 2.10. The Morgan fingerprint density at radius 2 is 2.31 bits per heavy atom. The highest BCUT2D eigenvalue weighted by Gasteiger charge is 2.25. The van der Waals surface area contributed by atoms with Crippen molar-refractivity contribution in [2.75, 3.05) is 5.32 Å². The number of nitrogens with zero attached hydrogens (tertiary/aromatic N) is 1. The van der Waals surface area contributed by atoms with Crippen LogP contribution in [0.2, 0.25) is 0 Å². The van der Waals surface area contributed by atoms with Gasteiger partial charge in [-0.2, -0.15) is 0 Å². The Morgan fingerprint density at radius 3 is 2.92 bits per heavy atom. The topological polar surface area (TPSA) is 24.9 Å². The van der Waals surface area contributed by atoms with Crippen molar-refractivity contribution in [3.63, 3.8) is 0 Å². The highest BCUT2D eigenvalue weighted by Crippen LogP contribution is 2.31. The third-order valence-electron chi connectivity index (χ3n) is 2.51. The smallest absolute Gasteiger partial charge is 0.0590 e. The highest BCUT2D eigenvalue weighted by atomic mass is 79.9. The second kappa shape index (κ2) is 3.66. The van der Waals surface area contributed by atoms with Crippen LogP contribution in [0.3, 0.4) is 0 Å². The van der Waals surface area contributed by atoms with Crippen molar-refractivity contribution >= 4 is 21.6 Å². The van der Waals surface area contributed by atoms with Crippen LogP contribution in [-0.4, -0.2) is 11.0 Å². The number of halogens is 1. The quantitative estimate of drug-likeness (QED) is 0.860. The summed E-state index contributed by atoms with van der Waals surface area (Å²) >= 11 is 3.47. The lowest BCUT2D eigenvalue weighted by Crippen LogP contribution is -2.33. The van der Waals surface area contributed by atoms with Crippen LogP contribution < -0.4 is 5.32 Å². The van der Waals surface area contributed by atoms with Crippen LogP contribution in [0.4, 0.5) is 5.69 Å². The summed E-state index contributed by atoms with van der Waals surface area (Å²) in [5, 5.41) is 3.49. The number of anilines is 1. The number of hydrogen-bond acceptors (Lipinski definition) is 2. The molecule has 2 nitrogen and oxygen atoms in total. The molecule has 1 aliphatic carbocycles. The standard InChI is InChI=1S/C10H13BrN2/c1-7-4-8(5-7)13-10-2-3-12-6-9(10)11/h2-3,6-8H,4-5H2,1H3,(H,12,13). The van der Waals surface area contributed by atoms with Crippen LogP contribution in [-0.2, 0) is 0 Å². The maximum absolute atomic E-state index is 4.02. The summed E-state index contributed by atoms with van der Waals surface area (Å²) in [5.41, 5.74) is 1.16. The van der Waals surface area contributed by atoms with E-state index in [9.17, 15) is 0 Å². The predicted molar refractivity (Wildman–Crippen MR) is 57.7 cm³/mol. The average Bonchev–Trinajstić information content (AvgIpc) is 2.06. The van der Waals surface area contributed by atoms with Gasteiger partial charge in [0.1, 0.15) is 0 Å². The predicted octanol–water partition coefficient (Wildman–Crippen LogP) is 3.05. The Kier molecular flexibility index (Phi) is 2.54. The molecule has 0 atom stereocenters. The van der Waals surface area contributed by atoms with Gasteiger partial charge in [-0.25, -0.2) is 0 Å². The Bertz CT molecular complexity index is 295. The summed E-state index contributed by atoms with van der Waals surface area (Å²) in [6.45, 7) is 2.29. The third-order valence-corrected chi connectivity index (χ3v) is 3.14. The zero-order valence-corrected chi connectivity index (χ0v) is 9.21. The molecule has 1 N–H and O–H groups in total. The van der Waals surface area contributed by atoms with E-state index < -0.39 is 0 Å². The molecule has 0 spiro atoms. The molecule has 2 rings (SSSR count). The van der Waals surface area contributed by atoms with E-state index in [0.717, 1.165) is 16.1 Å². The van der Waals surface area contributed by atoms with Gasteiger partial charge in [-0.05, 0) is 40.8 Å². The zero-order valence-electron chi connectivity index (χ0n) is 7.63. The first kappa shape index (κ1) is 9.00. The molecule has 0 saturated heterocycles. The van der Waals surface area contributed by atoms with Crippen LogP contribution in [0.5, 0.6) is 0 Å². The molecule has 0 unspecified atom stereocenters. The van der Waals surface area contributed by atoms with E-state index >= 15 is 0 Å². The molecule has 1 aromatic heterocycles. The summed E-state index contributed by atoms with van der Waals surface area (Å²) in [7, 11) is 0. The van der Waals surface area contributed by atoms with Crippen LogP contribution in [0.1, 0.15) is 19.8 Å². The summed E-state index contributed by atoms with van der Waals surface area (Å²) in [6, 6.07) is 2.67. The lowest BCUT2D eigenvalue weighted by Gasteiger charge is -2.34. The number of rotatable bonds is 2. The fraction of sp³-hybridized carbons (Fsp3) is 0.500. The molecule has 0 aliphatic heterocycles. The summed E-state index contributed by atoms with van der Waals surface area (Å²) < 4.78 is 1.05. The fourth-order valence-electron chi connectivity index (χ4n) is 1.73. The highest BCUT2D eigenvalue weighted by molar-refractivity contribution is 9.10. The van der Waals surface area contributed by atoms with Crippen molar-refractivity contribution in [3.05, 3.63) is 22.9 Å². The molecule has 0 radical (unpaired) electrons. The molecule has 0 amide bonds. The molecular formula is C10H13BrN2. The van der Waals surface area contributed by atoms with E-state index in [0.29, 0.717) is 6.04 Å². The molecule has 3 heteroatoms. The number of aromatic nitrogens is 1. The molecule has 70 valence electrons. The van der Waals surface area contributed by atoms with Crippen molar-refractivity contribution < 1.29 is 0 Å². The van der Waals surface area contributed by atoms with Gasteiger partial charge in [0.2, 0.25) is 0 Å². The Balaban J connectivity index is 1.98. The van der Waals surface area contributed by atoms with E-state index in [2.05, 4.69) is 33.2 Å². The van der Waals surface area contributed by atoms with Gasteiger partial charge in [-0.15, -0.1) is 0 Å². The lowest BCUT2D eigenvalue weighted by atomic mass is 9.82. The number of hydrogen-bond donors (Lipinski definition) is 1. The monoisotopic (exact) mass is 240 g/mol. The van der Waals surface area contributed by atoms with Gasteiger partial charge in [0.25, 0.3) is 0 Å². The second-order valence-corrected chi connectivity index (χ2v) is 4.63. The maximum Gasteiger partial charge on any atom is 0.0590 e. The van der Waals surface area contributed by atoms with Gasteiger partial charge in [0.05, 0.1) is 10.2 Å². The average molecular weight is 241 g/mol. The van der Waals surface area contributed by atoms with Crippen LogP contribution in [0, 0.1) is 5.92 Å². The molecule has 1 aromatic rings. The first-order valence-electron chi connectivity index (χ1n) is 4.62. The van der Waals surface area contributed by atoms with E-state index in [1.54, 1.807) is 0 Å². The van der Waals surface area contributed by atoms with Crippen LogP contribution in [0.15, 0.2) is 22.9 Å². The van der Waals surface area contributed by atoms with Crippen molar-refractivity contribution in [1.82, 2.24) is 4.98 Å². The molecular weight excluding hydrogens is 228 g/mol. The van der Waals surface area contributed by atoms with Gasteiger partial charge < -0.3 is 5.32 Å². The molecule has 1 aliphatic rings. The largest absolute Gasteiger partial charge is 0.381 e. The SMILES string of the molecule is CC1CC(Nc2ccncc2Br)C1. The van der Waals surface area contributed by atoms with Crippen molar-refractivity contribution in [2.45, 2.75) is 25.8 Å². The first-order chi connectivity index (χ1) is 6.25. The van der Waals surface area contributed by atoms with Crippen molar-refractivity contribution in [3.8, 4) is 0 Å². The van der Waals surface area contributed by atoms with Gasteiger partial charge in [0.15, 0.2) is 0 Å². The van der Waals surface area contributed by atoms with E-state index in [1.165, 1.54) is 12.8 Å². The molecule has 0 aromatic carbocycles. The van der Waals surface area contributed by atoms with Crippen molar-refractivity contribution in [1.29, 1.82) is 0 Å². The minimum atomic E-state index is 0.661. The number of nitrogens with one attached hydrogen (secondary N) is 1. The Hall–Kier alpha value is -0.570. The molecule has 1 heterocycles. The molecule has 13 heavy (non-hydrogen) atoms. The summed E-state index contributed by atoms with van der Waals surface area (Å²) in [5.74, 6) is 0.887.